The second kappa shape index (κ2) is 9.76. The summed E-state index contributed by atoms with van der Waals surface area (Å²) in [4.78, 5) is 14.4. The van der Waals surface area contributed by atoms with Gasteiger partial charge in [0, 0.05) is 26.2 Å². The highest BCUT2D eigenvalue weighted by atomic mass is 19.4. The van der Waals surface area contributed by atoms with Crippen molar-refractivity contribution in [1.82, 2.24) is 10.2 Å². The summed E-state index contributed by atoms with van der Waals surface area (Å²) in [5, 5.41) is 2.82. The lowest BCUT2D eigenvalue weighted by Gasteiger charge is -2.26. The molecule has 156 valence electrons. The monoisotopic (exact) mass is 408 g/mol. The number of benzene rings is 2. The maximum atomic E-state index is 12.2. The summed E-state index contributed by atoms with van der Waals surface area (Å²) in [7, 11) is 0. The minimum absolute atomic E-state index is 0.0847. The van der Waals surface area contributed by atoms with Gasteiger partial charge in [0.1, 0.15) is 5.75 Å². The number of hydrogen-bond donors (Lipinski definition) is 1. The summed E-state index contributed by atoms with van der Waals surface area (Å²) in [5.41, 5.74) is 2.80. The molecule has 0 aliphatic carbocycles. The van der Waals surface area contributed by atoms with E-state index in [0.717, 1.165) is 38.4 Å². The fraction of sp³-hybridized carbons (Fsp3) is 0.381. The molecule has 2 aromatic rings. The summed E-state index contributed by atoms with van der Waals surface area (Å²) in [6.07, 6.45) is -4.64. The van der Waals surface area contributed by atoms with Crippen molar-refractivity contribution >= 4 is 5.91 Å². The molecule has 29 heavy (non-hydrogen) atoms. The highest BCUT2D eigenvalue weighted by Crippen LogP contribution is 2.22. The minimum atomic E-state index is -4.73. The Morgan fingerprint density at radius 1 is 0.966 bits per heavy atom. The molecule has 3 rings (SSSR count). The molecule has 0 unspecified atom stereocenters. The molecule has 1 amide bonds. The number of nitrogens with one attached hydrogen (secondary N) is 1. The Kier molecular flexibility index (Phi) is 7.11. The zero-order valence-electron chi connectivity index (χ0n) is 15.9. The van der Waals surface area contributed by atoms with Gasteiger partial charge in [-0.25, -0.2) is 0 Å². The number of ether oxygens (including phenoxy) is 2. The Morgan fingerprint density at radius 2 is 1.55 bits per heavy atom. The molecule has 8 heteroatoms. The Morgan fingerprint density at radius 3 is 2.17 bits per heavy atom. The molecule has 0 radical (unpaired) electrons. The average molecular weight is 408 g/mol. The molecule has 2 aromatic carbocycles. The zero-order valence-corrected chi connectivity index (χ0v) is 15.9. The second-order valence-corrected chi connectivity index (χ2v) is 6.85. The van der Waals surface area contributed by atoms with Crippen LogP contribution in [0.3, 0.4) is 0 Å². The molecule has 1 aliphatic heterocycles. The van der Waals surface area contributed by atoms with Crippen LogP contribution in [0.2, 0.25) is 0 Å². The lowest BCUT2D eigenvalue weighted by molar-refractivity contribution is -0.274. The average Bonchev–Trinajstić information content (AvgIpc) is 2.69. The van der Waals surface area contributed by atoms with Crippen molar-refractivity contribution in [2.24, 2.45) is 0 Å². The van der Waals surface area contributed by atoms with Gasteiger partial charge in [-0.05, 0) is 28.8 Å². The molecular formula is C21H23F3N2O3. The molecule has 1 aliphatic rings. The third-order valence-electron chi connectivity index (χ3n) is 4.54. The molecule has 1 heterocycles. The Labute approximate surface area is 167 Å². The summed E-state index contributed by atoms with van der Waals surface area (Å²) in [6.45, 7) is 4.67. The smallest absolute Gasteiger partial charge is 0.406 e. The van der Waals surface area contributed by atoms with E-state index in [1.54, 1.807) is 0 Å². The maximum Gasteiger partial charge on any atom is 0.573 e. The number of hydrogen-bond acceptors (Lipinski definition) is 4. The largest absolute Gasteiger partial charge is 0.573 e. The van der Waals surface area contributed by atoms with E-state index in [1.165, 1.54) is 29.8 Å². The van der Waals surface area contributed by atoms with Crippen LogP contribution in [0.5, 0.6) is 5.75 Å². The Balaban J connectivity index is 1.43. The van der Waals surface area contributed by atoms with Gasteiger partial charge < -0.3 is 14.8 Å². The number of nitrogens with zero attached hydrogens (tertiary/aromatic N) is 1. The lowest BCUT2D eigenvalue weighted by atomic mass is 10.1. The number of alkyl halides is 3. The van der Waals surface area contributed by atoms with Crippen molar-refractivity contribution in [2.45, 2.75) is 25.9 Å². The lowest BCUT2D eigenvalue weighted by Crippen LogP contribution is -2.35. The van der Waals surface area contributed by atoms with Gasteiger partial charge in [0.2, 0.25) is 5.91 Å². The maximum absolute atomic E-state index is 12.2. The molecule has 0 atom stereocenters. The number of carbonyl (C=O) groups excluding carboxylic acids is 1. The second-order valence-electron chi connectivity index (χ2n) is 6.85. The van der Waals surface area contributed by atoms with E-state index in [4.69, 9.17) is 4.74 Å². The SMILES string of the molecule is O=C(Cc1ccc(OC(F)(F)F)cc1)NCc1ccc(CN2CCOCC2)cc1. The first-order chi connectivity index (χ1) is 13.9. The minimum Gasteiger partial charge on any atom is -0.406 e. The fourth-order valence-corrected chi connectivity index (χ4v) is 3.04. The van der Waals surface area contributed by atoms with Crippen molar-refractivity contribution in [1.29, 1.82) is 0 Å². The van der Waals surface area contributed by atoms with Crippen molar-refractivity contribution in [3.63, 3.8) is 0 Å². The van der Waals surface area contributed by atoms with E-state index in [9.17, 15) is 18.0 Å². The first-order valence-corrected chi connectivity index (χ1v) is 9.37. The van der Waals surface area contributed by atoms with Crippen LogP contribution in [-0.2, 0) is 29.0 Å². The summed E-state index contributed by atoms with van der Waals surface area (Å²) >= 11 is 0. The summed E-state index contributed by atoms with van der Waals surface area (Å²) in [5.74, 6) is -0.509. The quantitative estimate of drug-likeness (QED) is 0.764. The van der Waals surface area contributed by atoms with Gasteiger partial charge >= 0.3 is 6.36 Å². The standard InChI is InChI=1S/C21H23F3N2O3/c22-21(23,24)29-19-7-5-16(6-8-19)13-20(27)25-14-17-1-3-18(4-2-17)15-26-9-11-28-12-10-26/h1-8H,9-15H2,(H,25,27). The molecule has 0 bridgehead atoms. The van der Waals surface area contributed by atoms with E-state index in [-0.39, 0.29) is 18.1 Å². The molecule has 1 saturated heterocycles. The summed E-state index contributed by atoms with van der Waals surface area (Å²) in [6, 6.07) is 13.4. The van der Waals surface area contributed by atoms with Gasteiger partial charge in [-0.1, -0.05) is 36.4 Å². The number of halogens is 3. The molecule has 0 aromatic heterocycles. The van der Waals surface area contributed by atoms with Crippen molar-refractivity contribution in [3.05, 3.63) is 65.2 Å². The predicted molar refractivity (Wildman–Crippen MR) is 101 cm³/mol. The van der Waals surface area contributed by atoms with Crippen LogP contribution in [0.4, 0.5) is 13.2 Å². The van der Waals surface area contributed by atoms with Crippen LogP contribution in [0.25, 0.3) is 0 Å². The van der Waals surface area contributed by atoms with Crippen LogP contribution >= 0.6 is 0 Å². The van der Waals surface area contributed by atoms with E-state index >= 15 is 0 Å². The topological polar surface area (TPSA) is 50.8 Å². The fourth-order valence-electron chi connectivity index (χ4n) is 3.04. The van der Waals surface area contributed by atoms with Gasteiger partial charge in [-0.3, -0.25) is 9.69 Å². The number of morpholine rings is 1. The van der Waals surface area contributed by atoms with Gasteiger partial charge in [0.05, 0.1) is 19.6 Å². The van der Waals surface area contributed by atoms with Crippen LogP contribution in [0, 0.1) is 0 Å². The van der Waals surface area contributed by atoms with E-state index in [2.05, 4.69) is 27.1 Å². The highest BCUT2D eigenvalue weighted by Gasteiger charge is 2.30. The van der Waals surface area contributed by atoms with E-state index < -0.39 is 6.36 Å². The van der Waals surface area contributed by atoms with E-state index in [0.29, 0.717) is 12.1 Å². The third-order valence-corrected chi connectivity index (χ3v) is 4.54. The zero-order chi connectivity index (χ0) is 20.7. The van der Waals surface area contributed by atoms with Crippen LogP contribution in [0.15, 0.2) is 48.5 Å². The normalized spacial score (nSPS) is 15.1. The first-order valence-electron chi connectivity index (χ1n) is 9.37. The summed E-state index contributed by atoms with van der Waals surface area (Å²) < 4.78 is 45.6. The first kappa shape index (κ1) is 21.1. The van der Waals surface area contributed by atoms with Gasteiger partial charge in [-0.15, -0.1) is 13.2 Å². The number of amides is 1. The molecular weight excluding hydrogens is 385 g/mol. The molecule has 1 N–H and O–H groups in total. The van der Waals surface area contributed by atoms with E-state index in [1.807, 2.05) is 12.1 Å². The van der Waals surface area contributed by atoms with Gasteiger partial charge in [0.15, 0.2) is 0 Å². The van der Waals surface area contributed by atoms with Crippen molar-refractivity contribution < 1.29 is 27.4 Å². The van der Waals surface area contributed by atoms with Crippen LogP contribution in [0.1, 0.15) is 16.7 Å². The Bertz CT molecular complexity index is 786. The molecule has 0 saturated carbocycles. The van der Waals surface area contributed by atoms with Crippen LogP contribution < -0.4 is 10.1 Å². The molecule has 1 fully saturated rings. The molecule has 0 spiro atoms. The van der Waals surface area contributed by atoms with Crippen molar-refractivity contribution in [2.75, 3.05) is 26.3 Å². The predicted octanol–water partition coefficient (Wildman–Crippen LogP) is 3.28. The van der Waals surface area contributed by atoms with Gasteiger partial charge in [-0.2, -0.15) is 0 Å². The van der Waals surface area contributed by atoms with Gasteiger partial charge in [0.25, 0.3) is 0 Å². The number of carbonyl (C=O) groups is 1. The third kappa shape index (κ3) is 7.40. The number of rotatable bonds is 7. The molecule has 5 nitrogen and oxygen atoms in total. The Hall–Kier alpha value is -2.58. The van der Waals surface area contributed by atoms with Crippen LogP contribution in [-0.4, -0.2) is 43.5 Å². The highest BCUT2D eigenvalue weighted by molar-refractivity contribution is 5.78. The van der Waals surface area contributed by atoms with Crippen molar-refractivity contribution in [3.8, 4) is 5.75 Å².